The van der Waals surface area contributed by atoms with E-state index in [0.29, 0.717) is 22.7 Å². The van der Waals surface area contributed by atoms with Crippen LogP contribution < -0.4 is 14.4 Å². The zero-order chi connectivity index (χ0) is 24.6. The van der Waals surface area contributed by atoms with E-state index in [2.05, 4.69) is 0 Å². The monoisotopic (exact) mass is 477 g/mol. The molecule has 0 bridgehead atoms. The lowest BCUT2D eigenvalue weighted by molar-refractivity contribution is -0.132. The minimum absolute atomic E-state index is 0.0624. The van der Waals surface area contributed by atoms with Crippen molar-refractivity contribution in [3.05, 3.63) is 93.5 Å². The van der Waals surface area contributed by atoms with Crippen molar-refractivity contribution in [3.8, 4) is 11.5 Å². The number of aliphatic hydroxyl groups is 1. The molecule has 34 heavy (non-hydrogen) atoms. The van der Waals surface area contributed by atoms with Crippen molar-refractivity contribution in [2.45, 2.75) is 19.9 Å². The maximum Gasteiger partial charge on any atom is 0.300 e. The van der Waals surface area contributed by atoms with Crippen molar-refractivity contribution in [2.24, 2.45) is 0 Å². The molecule has 3 aromatic rings. The normalized spacial score (nSPS) is 17.2. The van der Waals surface area contributed by atoms with Gasteiger partial charge in [0.05, 0.1) is 30.9 Å². The molecule has 0 saturated carbocycles. The van der Waals surface area contributed by atoms with Gasteiger partial charge in [-0.2, -0.15) is 0 Å². The molecule has 0 aromatic heterocycles. The molecule has 4 rings (SSSR count). The summed E-state index contributed by atoms with van der Waals surface area (Å²) in [6.07, 6.45) is 0. The van der Waals surface area contributed by atoms with Crippen molar-refractivity contribution in [1.29, 1.82) is 0 Å². The summed E-state index contributed by atoms with van der Waals surface area (Å²) in [6, 6.07) is 16.6. The summed E-state index contributed by atoms with van der Waals surface area (Å²) in [5, 5.41) is 11.6. The van der Waals surface area contributed by atoms with Crippen LogP contribution in [0.2, 0.25) is 5.02 Å². The number of ketones is 1. The van der Waals surface area contributed by atoms with Gasteiger partial charge in [-0.15, -0.1) is 0 Å². The van der Waals surface area contributed by atoms with Crippen molar-refractivity contribution < 1.29 is 24.2 Å². The van der Waals surface area contributed by atoms with E-state index in [0.717, 1.165) is 11.1 Å². The molecule has 1 fully saturated rings. The molecule has 1 heterocycles. The molecule has 1 atom stereocenters. The number of rotatable bonds is 5. The second kappa shape index (κ2) is 9.23. The molecule has 1 saturated heterocycles. The first-order valence-electron chi connectivity index (χ1n) is 10.6. The summed E-state index contributed by atoms with van der Waals surface area (Å²) < 4.78 is 10.6. The number of halogens is 1. The zero-order valence-electron chi connectivity index (χ0n) is 19.3. The number of Topliss-reactive ketones (excluding diaryl/α,β-unsaturated/α-hetero) is 1. The number of hydrogen-bond donors (Lipinski definition) is 1. The van der Waals surface area contributed by atoms with Gasteiger partial charge in [0.15, 0.2) is 0 Å². The standard InChI is InChI=1S/C27H24ClNO5/c1-15-10-16(2)12-18(11-15)29-24(17-6-5-7-19(13-17)33-3)23(26(31)27(29)32)25(30)21-14-20(34-4)8-9-22(21)28/h5-14,24,30H,1-4H3/b25-23+. The molecule has 0 spiro atoms. The summed E-state index contributed by atoms with van der Waals surface area (Å²) in [5.74, 6) is -0.904. The van der Waals surface area contributed by atoms with Crippen LogP contribution in [0.15, 0.2) is 66.2 Å². The molecule has 1 aliphatic heterocycles. The first-order chi connectivity index (χ1) is 16.2. The fourth-order valence-corrected chi connectivity index (χ4v) is 4.48. The van der Waals surface area contributed by atoms with Crippen molar-refractivity contribution >= 4 is 34.7 Å². The van der Waals surface area contributed by atoms with Gasteiger partial charge in [-0.3, -0.25) is 14.5 Å². The molecular formula is C27H24ClNO5. The Kier molecular flexibility index (Phi) is 6.35. The third-order valence-corrected chi connectivity index (χ3v) is 6.10. The van der Waals surface area contributed by atoms with Crippen LogP contribution in [-0.4, -0.2) is 31.0 Å². The lowest BCUT2D eigenvalue weighted by atomic mass is 9.94. The summed E-state index contributed by atoms with van der Waals surface area (Å²) in [4.78, 5) is 28.1. The number of aryl methyl sites for hydroxylation is 2. The van der Waals surface area contributed by atoms with E-state index in [9.17, 15) is 14.7 Å². The summed E-state index contributed by atoms with van der Waals surface area (Å²) in [5.41, 5.74) is 3.19. The number of anilines is 1. The quantitative estimate of drug-likeness (QED) is 0.294. The Hall–Kier alpha value is -3.77. The van der Waals surface area contributed by atoms with Gasteiger partial charge in [0.25, 0.3) is 11.7 Å². The number of hydrogen-bond acceptors (Lipinski definition) is 5. The minimum Gasteiger partial charge on any atom is -0.507 e. The predicted octanol–water partition coefficient (Wildman–Crippen LogP) is 5.60. The fraction of sp³-hybridized carbons (Fsp3) is 0.185. The number of ether oxygens (including phenoxy) is 2. The largest absolute Gasteiger partial charge is 0.507 e. The highest BCUT2D eigenvalue weighted by atomic mass is 35.5. The average Bonchev–Trinajstić information content (AvgIpc) is 3.09. The highest BCUT2D eigenvalue weighted by Gasteiger charge is 2.47. The maximum atomic E-state index is 13.4. The molecular weight excluding hydrogens is 454 g/mol. The van der Waals surface area contributed by atoms with Crippen LogP contribution in [0, 0.1) is 13.8 Å². The summed E-state index contributed by atoms with van der Waals surface area (Å²) >= 11 is 6.37. The Balaban J connectivity index is 2.01. The van der Waals surface area contributed by atoms with Crippen molar-refractivity contribution in [2.75, 3.05) is 19.1 Å². The van der Waals surface area contributed by atoms with E-state index in [1.54, 1.807) is 36.4 Å². The number of carbonyl (C=O) groups is 2. The van der Waals surface area contributed by atoms with E-state index in [1.165, 1.54) is 25.2 Å². The van der Waals surface area contributed by atoms with Gasteiger partial charge in [0.1, 0.15) is 17.3 Å². The number of aliphatic hydroxyl groups excluding tert-OH is 1. The summed E-state index contributed by atoms with van der Waals surface area (Å²) in [6.45, 7) is 3.84. The van der Waals surface area contributed by atoms with E-state index in [-0.39, 0.29) is 21.9 Å². The van der Waals surface area contributed by atoms with E-state index >= 15 is 0 Å². The van der Waals surface area contributed by atoms with Gasteiger partial charge in [-0.25, -0.2) is 0 Å². The van der Waals surface area contributed by atoms with Crippen LogP contribution in [-0.2, 0) is 9.59 Å². The van der Waals surface area contributed by atoms with Crippen LogP contribution in [0.5, 0.6) is 11.5 Å². The molecule has 0 radical (unpaired) electrons. The van der Waals surface area contributed by atoms with Crippen LogP contribution in [0.3, 0.4) is 0 Å². The highest BCUT2D eigenvalue weighted by Crippen LogP contribution is 2.44. The molecule has 1 unspecified atom stereocenters. The fourth-order valence-electron chi connectivity index (χ4n) is 4.27. The Bertz CT molecular complexity index is 1310. The van der Waals surface area contributed by atoms with Gasteiger partial charge in [-0.05, 0) is 73.0 Å². The Morgan fingerprint density at radius 2 is 1.56 bits per heavy atom. The second-order valence-electron chi connectivity index (χ2n) is 8.14. The first kappa shape index (κ1) is 23.4. The molecule has 3 aromatic carbocycles. The molecule has 1 N–H and O–H groups in total. The lowest BCUT2D eigenvalue weighted by Crippen LogP contribution is -2.29. The SMILES string of the molecule is COc1cccc(C2/C(=C(\O)c3cc(OC)ccc3Cl)C(=O)C(=O)N2c2cc(C)cc(C)c2)c1. The topological polar surface area (TPSA) is 76.1 Å². The second-order valence-corrected chi connectivity index (χ2v) is 8.54. The van der Waals surface area contributed by atoms with Gasteiger partial charge < -0.3 is 14.6 Å². The maximum absolute atomic E-state index is 13.4. The minimum atomic E-state index is -0.890. The van der Waals surface area contributed by atoms with Crippen molar-refractivity contribution in [1.82, 2.24) is 0 Å². The Labute approximate surface area is 203 Å². The smallest absolute Gasteiger partial charge is 0.300 e. The van der Waals surface area contributed by atoms with Crippen LogP contribution in [0.25, 0.3) is 5.76 Å². The molecule has 7 heteroatoms. The highest BCUT2D eigenvalue weighted by molar-refractivity contribution is 6.52. The molecule has 1 amide bonds. The summed E-state index contributed by atoms with van der Waals surface area (Å²) in [7, 11) is 3.03. The van der Waals surface area contributed by atoms with Gasteiger partial charge in [-0.1, -0.05) is 29.8 Å². The lowest BCUT2D eigenvalue weighted by Gasteiger charge is -2.26. The van der Waals surface area contributed by atoms with Crippen molar-refractivity contribution in [3.63, 3.8) is 0 Å². The number of carbonyl (C=O) groups excluding carboxylic acids is 2. The molecule has 1 aliphatic rings. The van der Waals surface area contributed by atoms with Gasteiger partial charge in [0, 0.05) is 11.3 Å². The number of amides is 1. The Morgan fingerprint density at radius 1 is 0.912 bits per heavy atom. The predicted molar refractivity (Wildman–Crippen MR) is 132 cm³/mol. The zero-order valence-corrected chi connectivity index (χ0v) is 20.0. The number of benzene rings is 3. The third-order valence-electron chi connectivity index (χ3n) is 5.77. The van der Waals surface area contributed by atoms with E-state index in [4.69, 9.17) is 21.1 Å². The number of methoxy groups -OCH3 is 2. The van der Waals surface area contributed by atoms with E-state index in [1.807, 2.05) is 32.0 Å². The molecule has 0 aliphatic carbocycles. The van der Waals surface area contributed by atoms with Crippen LogP contribution in [0.4, 0.5) is 5.69 Å². The average molecular weight is 478 g/mol. The van der Waals surface area contributed by atoms with Gasteiger partial charge in [0.2, 0.25) is 0 Å². The molecule has 174 valence electrons. The van der Waals surface area contributed by atoms with Crippen LogP contribution in [0.1, 0.15) is 28.3 Å². The van der Waals surface area contributed by atoms with Crippen LogP contribution >= 0.6 is 11.6 Å². The Morgan fingerprint density at radius 3 is 2.21 bits per heavy atom. The van der Waals surface area contributed by atoms with Gasteiger partial charge >= 0.3 is 0 Å². The molecule has 6 nitrogen and oxygen atoms in total. The first-order valence-corrected chi connectivity index (χ1v) is 11.0. The third kappa shape index (κ3) is 4.13. The van der Waals surface area contributed by atoms with E-state index < -0.39 is 17.7 Å². The number of nitrogens with zero attached hydrogens (tertiary/aromatic N) is 1.